The first-order valence-corrected chi connectivity index (χ1v) is 4.92. The van der Waals surface area contributed by atoms with E-state index in [4.69, 9.17) is 9.47 Å². The number of Topliss-reactive ketones (excluding diaryl/α,β-unsaturated/α-hetero) is 1. The van der Waals surface area contributed by atoms with Crippen molar-refractivity contribution < 1.29 is 19.1 Å². The summed E-state index contributed by atoms with van der Waals surface area (Å²) in [4.78, 5) is 24.5. The fraction of sp³-hybridized carbons (Fsp3) is 0.273. The monoisotopic (exact) mass is 219 g/mol. The average molecular weight is 219 g/mol. The first kappa shape index (κ1) is 9.21. The Kier molecular flexibility index (Phi) is 1.71. The van der Waals surface area contributed by atoms with Crippen molar-refractivity contribution in [2.24, 2.45) is 0 Å². The third kappa shape index (κ3) is 1.11. The summed E-state index contributed by atoms with van der Waals surface area (Å²) in [7, 11) is 0. The van der Waals surface area contributed by atoms with Crippen LogP contribution < -0.4 is 14.4 Å². The third-order valence-corrected chi connectivity index (χ3v) is 2.76. The molecule has 5 nitrogen and oxygen atoms in total. The van der Waals surface area contributed by atoms with Crippen LogP contribution in [0.4, 0.5) is 5.69 Å². The first-order valence-electron chi connectivity index (χ1n) is 4.92. The highest BCUT2D eigenvalue weighted by Crippen LogP contribution is 2.41. The minimum atomic E-state index is -0.147. The van der Waals surface area contributed by atoms with Crippen molar-refractivity contribution in [3.05, 3.63) is 17.7 Å². The van der Waals surface area contributed by atoms with E-state index in [2.05, 4.69) is 0 Å². The van der Waals surface area contributed by atoms with E-state index in [9.17, 15) is 9.59 Å². The zero-order valence-corrected chi connectivity index (χ0v) is 8.65. The maximum Gasteiger partial charge on any atom is 0.231 e. The third-order valence-electron chi connectivity index (χ3n) is 2.76. The molecule has 0 radical (unpaired) electrons. The van der Waals surface area contributed by atoms with E-state index in [0.717, 1.165) is 0 Å². The predicted molar refractivity (Wildman–Crippen MR) is 54.9 cm³/mol. The molecule has 2 aliphatic rings. The normalized spacial score (nSPS) is 16.6. The number of ether oxygens (including phenoxy) is 2. The molecule has 82 valence electrons. The van der Waals surface area contributed by atoms with Gasteiger partial charge < -0.3 is 14.4 Å². The average Bonchev–Trinajstić information content (AvgIpc) is 2.80. The molecule has 16 heavy (non-hydrogen) atoms. The van der Waals surface area contributed by atoms with Gasteiger partial charge in [-0.15, -0.1) is 0 Å². The van der Waals surface area contributed by atoms with Gasteiger partial charge in [0.2, 0.25) is 12.7 Å². The van der Waals surface area contributed by atoms with Gasteiger partial charge >= 0.3 is 0 Å². The maximum atomic E-state index is 11.7. The van der Waals surface area contributed by atoms with Crippen LogP contribution >= 0.6 is 0 Å². The Morgan fingerprint density at radius 1 is 1.31 bits per heavy atom. The number of rotatable bonds is 0. The smallest absolute Gasteiger partial charge is 0.231 e. The van der Waals surface area contributed by atoms with Crippen LogP contribution in [0.15, 0.2) is 12.1 Å². The van der Waals surface area contributed by atoms with Crippen molar-refractivity contribution in [3.63, 3.8) is 0 Å². The van der Waals surface area contributed by atoms with Gasteiger partial charge in [0, 0.05) is 18.6 Å². The predicted octanol–water partition coefficient (Wildman–Crippen LogP) is 0.965. The van der Waals surface area contributed by atoms with E-state index in [1.165, 1.54) is 11.8 Å². The van der Waals surface area contributed by atoms with Crippen LogP contribution in [0.3, 0.4) is 0 Å². The number of fused-ring (bicyclic) bond motifs is 2. The summed E-state index contributed by atoms with van der Waals surface area (Å²) in [6.45, 7) is 1.70. The van der Waals surface area contributed by atoms with Crippen molar-refractivity contribution in [1.82, 2.24) is 0 Å². The van der Waals surface area contributed by atoms with Crippen molar-refractivity contribution in [2.45, 2.75) is 6.92 Å². The van der Waals surface area contributed by atoms with Gasteiger partial charge in [-0.3, -0.25) is 9.59 Å². The molecule has 0 unspecified atom stereocenters. The second kappa shape index (κ2) is 2.98. The van der Waals surface area contributed by atoms with Gasteiger partial charge in [0.05, 0.1) is 12.2 Å². The van der Waals surface area contributed by atoms with Crippen LogP contribution in [-0.2, 0) is 4.79 Å². The molecule has 0 atom stereocenters. The largest absolute Gasteiger partial charge is 0.454 e. The zero-order valence-electron chi connectivity index (χ0n) is 8.65. The molecule has 3 rings (SSSR count). The number of ketones is 1. The second-order valence-corrected chi connectivity index (χ2v) is 3.75. The lowest BCUT2D eigenvalue weighted by Crippen LogP contribution is -2.27. The number of hydrogen-bond acceptors (Lipinski definition) is 4. The number of carbonyl (C=O) groups is 2. The van der Waals surface area contributed by atoms with Crippen molar-refractivity contribution >= 4 is 17.4 Å². The lowest BCUT2D eigenvalue weighted by molar-refractivity contribution is -0.116. The molecule has 0 bridgehead atoms. The molecule has 0 saturated heterocycles. The summed E-state index contributed by atoms with van der Waals surface area (Å²) < 4.78 is 10.4. The first-order chi connectivity index (χ1) is 7.66. The van der Waals surface area contributed by atoms with Crippen LogP contribution in [0.25, 0.3) is 0 Å². The molecular formula is C11H9NO4. The van der Waals surface area contributed by atoms with Gasteiger partial charge in [-0.25, -0.2) is 0 Å². The quantitative estimate of drug-likeness (QED) is 0.652. The standard InChI is InChI=1S/C11H9NO4/c1-6(13)12-4-9(14)7-2-10-11(3-8(7)12)16-5-15-10/h2-3H,4-5H2,1H3. The van der Waals surface area contributed by atoms with Crippen molar-refractivity contribution in [1.29, 1.82) is 0 Å². The number of anilines is 1. The topological polar surface area (TPSA) is 55.8 Å². The van der Waals surface area contributed by atoms with Crippen LogP contribution in [-0.4, -0.2) is 25.0 Å². The van der Waals surface area contributed by atoms with E-state index >= 15 is 0 Å². The van der Waals surface area contributed by atoms with E-state index in [1.54, 1.807) is 12.1 Å². The Balaban J connectivity index is 2.17. The van der Waals surface area contributed by atoms with Crippen LogP contribution in [0.2, 0.25) is 0 Å². The lowest BCUT2D eigenvalue weighted by atomic mass is 10.1. The van der Waals surface area contributed by atoms with Gasteiger partial charge in [0.15, 0.2) is 17.3 Å². The summed E-state index contributed by atoms with van der Waals surface area (Å²) in [5, 5.41) is 0. The Morgan fingerprint density at radius 3 is 2.69 bits per heavy atom. The van der Waals surface area contributed by atoms with E-state index in [1.807, 2.05) is 0 Å². The molecule has 0 N–H and O–H groups in total. The molecule has 1 aromatic carbocycles. The van der Waals surface area contributed by atoms with E-state index in [-0.39, 0.29) is 25.0 Å². The highest BCUT2D eigenvalue weighted by Gasteiger charge is 2.32. The number of carbonyl (C=O) groups excluding carboxylic acids is 2. The van der Waals surface area contributed by atoms with E-state index < -0.39 is 0 Å². The summed E-state index contributed by atoms with van der Waals surface area (Å²) in [5.41, 5.74) is 1.14. The SMILES string of the molecule is CC(=O)N1CC(=O)c2cc3c(cc21)OCO3. The van der Waals surface area contributed by atoms with Gasteiger partial charge in [0.1, 0.15) is 0 Å². The molecule has 5 heteroatoms. The Morgan fingerprint density at radius 2 is 2.00 bits per heavy atom. The van der Waals surface area contributed by atoms with Crippen LogP contribution in [0.5, 0.6) is 11.5 Å². The Labute approximate surface area is 91.6 Å². The molecule has 0 spiro atoms. The lowest BCUT2D eigenvalue weighted by Gasteiger charge is -2.13. The summed E-state index contributed by atoms with van der Waals surface area (Å²) in [5.74, 6) is 0.937. The van der Waals surface area contributed by atoms with Gasteiger partial charge in [0.25, 0.3) is 0 Å². The molecular weight excluding hydrogens is 210 g/mol. The highest BCUT2D eigenvalue weighted by molar-refractivity contribution is 6.15. The fourth-order valence-corrected chi connectivity index (χ4v) is 1.97. The number of amides is 1. The molecule has 0 aromatic heterocycles. The fourth-order valence-electron chi connectivity index (χ4n) is 1.97. The molecule has 2 heterocycles. The summed E-state index contributed by atoms with van der Waals surface area (Å²) >= 11 is 0. The second-order valence-electron chi connectivity index (χ2n) is 3.75. The Bertz CT molecular complexity index is 509. The maximum absolute atomic E-state index is 11.7. The molecule has 1 aromatic rings. The van der Waals surface area contributed by atoms with Crippen LogP contribution in [0, 0.1) is 0 Å². The molecule has 0 fully saturated rings. The van der Waals surface area contributed by atoms with Gasteiger partial charge in [-0.1, -0.05) is 0 Å². The number of benzene rings is 1. The minimum absolute atomic E-state index is 0.0662. The van der Waals surface area contributed by atoms with Gasteiger partial charge in [-0.05, 0) is 6.07 Å². The van der Waals surface area contributed by atoms with Crippen molar-refractivity contribution in [2.75, 3.05) is 18.2 Å². The van der Waals surface area contributed by atoms with E-state index in [0.29, 0.717) is 22.7 Å². The van der Waals surface area contributed by atoms with Crippen molar-refractivity contribution in [3.8, 4) is 11.5 Å². The van der Waals surface area contributed by atoms with Crippen LogP contribution in [0.1, 0.15) is 17.3 Å². The summed E-state index contributed by atoms with van der Waals surface area (Å²) in [6, 6.07) is 3.33. The Hall–Kier alpha value is -2.04. The molecule has 0 saturated carbocycles. The zero-order chi connectivity index (χ0) is 11.3. The minimum Gasteiger partial charge on any atom is -0.454 e. The molecule has 0 aliphatic carbocycles. The molecule has 2 aliphatic heterocycles. The molecule has 1 amide bonds. The summed E-state index contributed by atoms with van der Waals surface area (Å²) in [6.07, 6.45) is 0. The number of hydrogen-bond donors (Lipinski definition) is 0. The number of nitrogens with zero attached hydrogens (tertiary/aromatic N) is 1. The van der Waals surface area contributed by atoms with Gasteiger partial charge in [-0.2, -0.15) is 0 Å². The highest BCUT2D eigenvalue weighted by atomic mass is 16.7.